The Bertz CT molecular complexity index is 1170. The molecule has 5 aliphatic rings. The first kappa shape index (κ1) is 44.7. The number of hydrogen-bond acceptors (Lipinski definition) is 4. The minimum Gasteiger partial charge on any atom is -0.458 e. The van der Waals surface area contributed by atoms with E-state index >= 15 is 0 Å². The van der Waals surface area contributed by atoms with Crippen LogP contribution in [0.1, 0.15) is 105 Å². The van der Waals surface area contributed by atoms with Crippen molar-refractivity contribution in [3.05, 3.63) is 0 Å². The predicted molar refractivity (Wildman–Crippen MR) is 154 cm³/mol. The average Bonchev–Trinajstić information content (AvgIpc) is 2.98. The van der Waals surface area contributed by atoms with Crippen molar-refractivity contribution in [2.75, 3.05) is 0 Å². The topological polar surface area (TPSA) is 55.8 Å². The number of carbonyl (C=O) groups is 1. The fourth-order valence-corrected chi connectivity index (χ4v) is 8.86. The molecule has 0 aromatic heterocycles. The van der Waals surface area contributed by atoms with E-state index in [-0.39, 0.29) is 24.7 Å². The lowest BCUT2D eigenvalue weighted by Gasteiger charge is -2.59. The number of esters is 1. The zero-order valence-corrected chi connectivity index (χ0v) is 29.2. The van der Waals surface area contributed by atoms with Crippen molar-refractivity contribution in [2.24, 2.45) is 40.9 Å². The van der Waals surface area contributed by atoms with Gasteiger partial charge in [0.1, 0.15) is 5.60 Å². The average molecular weight is 791 g/mol. The first-order valence-corrected chi connectivity index (χ1v) is 17.2. The van der Waals surface area contributed by atoms with Gasteiger partial charge in [-0.05, 0) is 115 Å². The Morgan fingerprint density at radius 3 is 1.37 bits per heavy atom. The van der Waals surface area contributed by atoms with Gasteiger partial charge in [-0.2, -0.15) is 65.9 Å². The zero-order valence-electron chi connectivity index (χ0n) is 29.2. The van der Waals surface area contributed by atoms with E-state index in [1.54, 1.807) is 0 Å². The Morgan fingerprint density at radius 1 is 0.673 bits per heavy atom. The van der Waals surface area contributed by atoms with E-state index in [0.29, 0.717) is 11.8 Å². The molecule has 306 valence electrons. The van der Waals surface area contributed by atoms with Crippen LogP contribution in [-0.4, -0.2) is 64.9 Å². The van der Waals surface area contributed by atoms with Crippen molar-refractivity contribution < 1.29 is 85.2 Å². The van der Waals surface area contributed by atoms with Gasteiger partial charge in [0.2, 0.25) is 0 Å². The third kappa shape index (κ3) is 7.74. The first-order valence-electron chi connectivity index (χ1n) is 17.2. The van der Waals surface area contributed by atoms with Crippen molar-refractivity contribution in [1.82, 2.24) is 0 Å². The zero-order chi connectivity index (χ0) is 40.3. The molecule has 2 atom stereocenters. The van der Waals surface area contributed by atoms with Gasteiger partial charge in [-0.1, -0.05) is 13.8 Å². The summed E-state index contributed by atoms with van der Waals surface area (Å²) < 4.78 is 209. The van der Waals surface area contributed by atoms with Crippen molar-refractivity contribution in [1.29, 1.82) is 0 Å². The number of halogens is 15. The Balaban J connectivity index is 0.000000292. The molecule has 0 saturated heterocycles. The summed E-state index contributed by atoms with van der Waals surface area (Å²) in [4.78, 5) is 12.4. The van der Waals surface area contributed by atoms with Gasteiger partial charge in [-0.3, -0.25) is 4.79 Å². The minimum absolute atomic E-state index is 0.238. The maximum absolute atomic E-state index is 13.6. The molecule has 5 saturated carbocycles. The second-order valence-electron chi connectivity index (χ2n) is 15.4. The van der Waals surface area contributed by atoms with Crippen LogP contribution in [0.2, 0.25) is 0 Å². The molecular weight excluding hydrogens is 745 g/mol. The fraction of sp³-hybridized carbons (Fsp3) is 0.970. The van der Waals surface area contributed by atoms with Crippen LogP contribution in [0.5, 0.6) is 0 Å². The molecule has 0 heterocycles. The molecule has 5 fully saturated rings. The summed E-state index contributed by atoms with van der Waals surface area (Å²) in [5.41, 5.74) is -13.1. The molecule has 0 aromatic rings. The van der Waals surface area contributed by atoms with Gasteiger partial charge in [-0.15, -0.1) is 0 Å². The van der Waals surface area contributed by atoms with Gasteiger partial charge in [0.05, 0.1) is 6.10 Å². The molecule has 0 amide bonds. The highest BCUT2D eigenvalue weighted by Crippen LogP contribution is 2.61. The van der Waals surface area contributed by atoms with Gasteiger partial charge in [-0.25, -0.2) is 0 Å². The highest BCUT2D eigenvalue weighted by molar-refractivity contribution is 5.78. The Hall–Kier alpha value is -1.66. The van der Waals surface area contributed by atoms with Gasteiger partial charge < -0.3 is 14.6 Å². The van der Waals surface area contributed by atoms with E-state index in [1.165, 1.54) is 20.3 Å². The van der Waals surface area contributed by atoms with Gasteiger partial charge >= 0.3 is 36.9 Å². The Morgan fingerprint density at radius 2 is 1.06 bits per heavy atom. The van der Waals surface area contributed by atoms with Crippen LogP contribution in [0.15, 0.2) is 0 Å². The van der Waals surface area contributed by atoms with E-state index in [0.717, 1.165) is 39.5 Å². The smallest absolute Gasteiger partial charge is 0.426 e. The summed E-state index contributed by atoms with van der Waals surface area (Å²) >= 11 is 0. The largest absolute Gasteiger partial charge is 0.458 e. The number of rotatable bonds is 8. The quantitative estimate of drug-likeness (QED) is 0.197. The predicted octanol–water partition coefficient (Wildman–Crippen LogP) is 11.0. The molecule has 52 heavy (non-hydrogen) atoms. The summed E-state index contributed by atoms with van der Waals surface area (Å²) in [7, 11) is 0. The third-order valence-corrected chi connectivity index (χ3v) is 12.4. The summed E-state index contributed by atoms with van der Waals surface area (Å²) in [6.07, 6.45) is -31.2. The van der Waals surface area contributed by atoms with E-state index < -0.39 is 103 Å². The summed E-state index contributed by atoms with van der Waals surface area (Å²) in [6, 6.07) is 0. The monoisotopic (exact) mass is 790 g/mol. The van der Waals surface area contributed by atoms with Crippen LogP contribution >= 0.6 is 0 Å². The van der Waals surface area contributed by atoms with E-state index in [2.05, 4.69) is 4.74 Å². The number of aliphatic hydroxyl groups is 1. The molecule has 0 spiro atoms. The molecule has 2 unspecified atom stereocenters. The number of hydrogen-bond donors (Lipinski definition) is 1. The van der Waals surface area contributed by atoms with Gasteiger partial charge in [0.25, 0.3) is 11.2 Å². The standard InChI is InChI=1S/C17H25F3O2.C16H20F12O2/c1-4-15(2,17(18,19)20)14(21)22-16(3)12-6-10-5-11(8-12)9-13(16)7-10;1-3-8(2)30-12(15(23,24)25,16(26,27)28)10-6-4-9(5-7-10)11(29,13(17,18)19)14(20,21)22/h10-13H,4-9H2,1-3H3;8-10,29H,3-7H2,1-2H3. The lowest BCUT2D eigenvalue weighted by molar-refractivity contribution is -0.413. The molecule has 1 N–H and O–H groups in total. The maximum Gasteiger partial charge on any atom is 0.426 e. The summed E-state index contributed by atoms with van der Waals surface area (Å²) in [5, 5.41) is 9.38. The maximum atomic E-state index is 13.6. The fourth-order valence-electron chi connectivity index (χ4n) is 8.86. The normalized spacial score (nSPS) is 32.1. The van der Waals surface area contributed by atoms with Crippen LogP contribution in [-0.2, 0) is 14.3 Å². The van der Waals surface area contributed by atoms with Gasteiger partial charge in [0, 0.05) is 11.8 Å². The molecule has 19 heteroatoms. The summed E-state index contributed by atoms with van der Waals surface area (Å²) in [6.45, 7) is 6.42. The molecule has 0 aromatic carbocycles. The molecule has 5 rings (SSSR count). The van der Waals surface area contributed by atoms with E-state index in [4.69, 9.17) is 4.74 Å². The Labute approximate surface area is 291 Å². The SMILES string of the molecule is CCC(C)(C(=O)OC1(C)C2CC3CC(C2)CC1C3)C(F)(F)F.CCC(C)OC(C1CCC(C(O)(C(F)(F)F)C(F)(F)F)CC1)(C(F)(F)F)C(F)(F)F. The van der Waals surface area contributed by atoms with Crippen LogP contribution < -0.4 is 0 Å². The second kappa shape index (κ2) is 14.4. The first-order chi connectivity index (χ1) is 23.3. The minimum atomic E-state index is -6.22. The molecular formula is C33H45F15O4. The van der Waals surface area contributed by atoms with Crippen LogP contribution in [0.4, 0.5) is 65.9 Å². The van der Waals surface area contributed by atoms with Crippen molar-refractivity contribution in [3.8, 4) is 0 Å². The number of carbonyl (C=O) groups excluding carboxylic acids is 1. The molecule has 4 bridgehead atoms. The third-order valence-electron chi connectivity index (χ3n) is 12.4. The van der Waals surface area contributed by atoms with Crippen LogP contribution in [0, 0.1) is 40.9 Å². The highest BCUT2D eigenvalue weighted by atomic mass is 19.4. The molecule has 0 radical (unpaired) electrons. The van der Waals surface area contributed by atoms with Crippen molar-refractivity contribution in [2.45, 2.75) is 159 Å². The van der Waals surface area contributed by atoms with E-state index in [1.807, 2.05) is 6.92 Å². The lowest BCUT2D eigenvalue weighted by Crippen LogP contribution is -2.66. The molecule has 4 nitrogen and oxygen atoms in total. The van der Waals surface area contributed by atoms with Crippen LogP contribution in [0.25, 0.3) is 0 Å². The second-order valence-corrected chi connectivity index (χ2v) is 15.4. The molecule has 5 aliphatic carbocycles. The molecule has 0 aliphatic heterocycles. The number of ether oxygens (including phenoxy) is 2. The van der Waals surface area contributed by atoms with Crippen molar-refractivity contribution >= 4 is 5.97 Å². The lowest BCUT2D eigenvalue weighted by atomic mass is 9.50. The number of alkyl halides is 15. The Kier molecular flexibility index (Phi) is 12.4. The summed E-state index contributed by atoms with van der Waals surface area (Å²) in [5.74, 6) is -4.37. The van der Waals surface area contributed by atoms with Crippen molar-refractivity contribution in [3.63, 3.8) is 0 Å². The van der Waals surface area contributed by atoms with Crippen LogP contribution in [0.3, 0.4) is 0 Å². The van der Waals surface area contributed by atoms with Gasteiger partial charge in [0.15, 0.2) is 5.41 Å². The highest BCUT2D eigenvalue weighted by Gasteiger charge is 2.78. The van der Waals surface area contributed by atoms with E-state index in [9.17, 15) is 75.8 Å².